The van der Waals surface area contributed by atoms with Crippen molar-refractivity contribution in [2.24, 2.45) is 5.92 Å². The maximum Gasteiger partial charge on any atom is 0.463 e. The Morgan fingerprint density at radius 2 is 1.88 bits per heavy atom. The van der Waals surface area contributed by atoms with Gasteiger partial charge in [-0.15, -0.1) is 0 Å². The van der Waals surface area contributed by atoms with Gasteiger partial charge in [0, 0.05) is 6.04 Å². The fraction of sp³-hybridized carbons (Fsp3) is 0.889. The van der Waals surface area contributed by atoms with Gasteiger partial charge in [0.25, 0.3) is 0 Å². The van der Waals surface area contributed by atoms with Crippen molar-refractivity contribution in [3.8, 4) is 0 Å². The van der Waals surface area contributed by atoms with Crippen LogP contribution in [0.1, 0.15) is 26.2 Å². The summed E-state index contributed by atoms with van der Waals surface area (Å²) in [7, 11) is 0. The lowest BCUT2D eigenvalue weighted by atomic mass is 10.2. The maximum absolute atomic E-state index is 12.5. The molecule has 1 saturated carbocycles. The van der Waals surface area contributed by atoms with E-state index in [0.29, 0.717) is 6.42 Å². The van der Waals surface area contributed by atoms with Crippen molar-refractivity contribution in [1.29, 1.82) is 0 Å². The van der Waals surface area contributed by atoms with E-state index < -0.39 is 24.0 Å². The van der Waals surface area contributed by atoms with Crippen LogP contribution in [0, 0.1) is 5.92 Å². The van der Waals surface area contributed by atoms with Gasteiger partial charge in [0.05, 0.1) is 0 Å². The van der Waals surface area contributed by atoms with Crippen LogP contribution < -0.4 is 5.32 Å². The lowest BCUT2D eigenvalue weighted by Crippen LogP contribution is -2.51. The average Bonchev–Trinajstić information content (AvgIpc) is 2.82. The smallest absolute Gasteiger partial charge is 0.348 e. The van der Waals surface area contributed by atoms with Gasteiger partial charge in [0.1, 0.15) is 0 Å². The molecule has 0 bridgehead atoms. The first-order valence-electron chi connectivity index (χ1n) is 4.95. The predicted molar refractivity (Wildman–Crippen MR) is 45.9 cm³/mol. The number of rotatable bonds is 4. The van der Waals surface area contributed by atoms with Crippen molar-refractivity contribution >= 4 is 5.91 Å². The SMILES string of the molecule is CCCC1CC1NC(=O)C(F)(F)C(F)(F)F. The monoisotopic (exact) mass is 245 g/mol. The van der Waals surface area contributed by atoms with Gasteiger partial charge < -0.3 is 5.32 Å². The van der Waals surface area contributed by atoms with E-state index in [4.69, 9.17) is 0 Å². The third kappa shape index (κ3) is 2.62. The Hall–Kier alpha value is -0.880. The fourth-order valence-electron chi connectivity index (χ4n) is 1.50. The molecule has 1 N–H and O–H groups in total. The molecule has 0 aromatic rings. The number of alkyl halides is 5. The third-order valence-corrected chi connectivity index (χ3v) is 2.54. The van der Waals surface area contributed by atoms with Gasteiger partial charge in [-0.2, -0.15) is 22.0 Å². The van der Waals surface area contributed by atoms with E-state index in [2.05, 4.69) is 0 Å². The molecular weight excluding hydrogens is 233 g/mol. The van der Waals surface area contributed by atoms with Crippen LogP contribution in [0.5, 0.6) is 0 Å². The molecule has 0 saturated heterocycles. The van der Waals surface area contributed by atoms with E-state index in [-0.39, 0.29) is 5.92 Å². The van der Waals surface area contributed by atoms with Crippen molar-refractivity contribution < 1.29 is 26.7 Å². The molecule has 0 aromatic carbocycles. The molecule has 2 unspecified atom stereocenters. The van der Waals surface area contributed by atoms with Gasteiger partial charge in [-0.05, 0) is 18.8 Å². The molecule has 1 rings (SSSR count). The first kappa shape index (κ1) is 13.2. The summed E-state index contributed by atoms with van der Waals surface area (Å²) in [5, 5.41) is 1.73. The number of nitrogens with one attached hydrogen (secondary N) is 1. The minimum Gasteiger partial charge on any atom is -0.348 e. The summed E-state index contributed by atoms with van der Waals surface area (Å²) in [6.07, 6.45) is -3.81. The zero-order chi connectivity index (χ0) is 12.6. The molecule has 2 nitrogen and oxygen atoms in total. The maximum atomic E-state index is 12.5. The molecule has 0 spiro atoms. The second-order valence-electron chi connectivity index (χ2n) is 3.94. The van der Waals surface area contributed by atoms with Crippen LogP contribution in [0.15, 0.2) is 0 Å². The largest absolute Gasteiger partial charge is 0.463 e. The summed E-state index contributed by atoms with van der Waals surface area (Å²) >= 11 is 0. The van der Waals surface area contributed by atoms with E-state index in [0.717, 1.165) is 12.8 Å². The molecule has 0 aromatic heterocycles. The molecule has 1 amide bonds. The molecule has 0 aliphatic heterocycles. The summed E-state index contributed by atoms with van der Waals surface area (Å²) in [6.45, 7) is 1.88. The van der Waals surface area contributed by atoms with Crippen LogP contribution >= 0.6 is 0 Å². The van der Waals surface area contributed by atoms with Crippen LogP contribution in [0.25, 0.3) is 0 Å². The molecule has 16 heavy (non-hydrogen) atoms. The Labute approximate surface area is 89.2 Å². The number of carbonyl (C=O) groups is 1. The normalized spacial score (nSPS) is 25.4. The number of hydrogen-bond acceptors (Lipinski definition) is 1. The minimum absolute atomic E-state index is 0.0398. The van der Waals surface area contributed by atoms with E-state index in [1.54, 1.807) is 5.32 Å². The average molecular weight is 245 g/mol. The summed E-state index contributed by atoms with van der Waals surface area (Å²) in [5.41, 5.74) is 0. The van der Waals surface area contributed by atoms with Crippen molar-refractivity contribution in [1.82, 2.24) is 5.32 Å². The lowest BCUT2D eigenvalue weighted by Gasteiger charge is -2.18. The van der Waals surface area contributed by atoms with Crippen LogP contribution in [-0.4, -0.2) is 24.0 Å². The highest BCUT2D eigenvalue weighted by Crippen LogP contribution is 2.38. The Bertz CT molecular complexity index is 276. The molecule has 7 heteroatoms. The van der Waals surface area contributed by atoms with Gasteiger partial charge in [-0.1, -0.05) is 13.3 Å². The summed E-state index contributed by atoms with van der Waals surface area (Å²) in [5.74, 6) is -7.51. The fourth-order valence-corrected chi connectivity index (χ4v) is 1.50. The zero-order valence-electron chi connectivity index (χ0n) is 8.57. The molecule has 1 aliphatic rings. The molecule has 1 fully saturated rings. The van der Waals surface area contributed by atoms with Crippen LogP contribution in [-0.2, 0) is 4.79 Å². The highest BCUT2D eigenvalue weighted by Gasteiger charge is 2.64. The number of hydrogen-bond donors (Lipinski definition) is 1. The molecule has 1 aliphatic carbocycles. The Morgan fingerprint density at radius 3 is 2.31 bits per heavy atom. The molecule has 0 heterocycles. The highest BCUT2D eigenvalue weighted by atomic mass is 19.4. The Morgan fingerprint density at radius 1 is 1.31 bits per heavy atom. The van der Waals surface area contributed by atoms with Crippen LogP contribution in [0.2, 0.25) is 0 Å². The van der Waals surface area contributed by atoms with Gasteiger partial charge >= 0.3 is 18.0 Å². The van der Waals surface area contributed by atoms with Crippen molar-refractivity contribution in [3.05, 3.63) is 0 Å². The van der Waals surface area contributed by atoms with Crippen LogP contribution in [0.4, 0.5) is 22.0 Å². The lowest BCUT2D eigenvalue weighted by molar-refractivity contribution is -0.269. The number of carbonyl (C=O) groups excluding carboxylic acids is 1. The zero-order valence-corrected chi connectivity index (χ0v) is 8.57. The van der Waals surface area contributed by atoms with Gasteiger partial charge in [-0.25, -0.2) is 0 Å². The molecular formula is C9H12F5NO. The topological polar surface area (TPSA) is 29.1 Å². The molecule has 94 valence electrons. The second-order valence-corrected chi connectivity index (χ2v) is 3.94. The van der Waals surface area contributed by atoms with E-state index in [1.165, 1.54) is 0 Å². The second kappa shape index (κ2) is 4.18. The van der Waals surface area contributed by atoms with Gasteiger partial charge in [0.2, 0.25) is 0 Å². The first-order chi connectivity index (χ1) is 7.20. The quantitative estimate of drug-likeness (QED) is 0.757. The summed E-state index contributed by atoms with van der Waals surface area (Å²) < 4.78 is 60.3. The minimum atomic E-state index is -5.83. The molecule has 0 radical (unpaired) electrons. The van der Waals surface area contributed by atoms with Crippen molar-refractivity contribution in [2.75, 3.05) is 0 Å². The predicted octanol–water partition coefficient (Wildman–Crippen LogP) is 2.49. The van der Waals surface area contributed by atoms with E-state index in [1.807, 2.05) is 6.92 Å². The third-order valence-electron chi connectivity index (χ3n) is 2.54. The Balaban J connectivity index is 2.48. The highest BCUT2D eigenvalue weighted by molar-refractivity contribution is 5.84. The van der Waals surface area contributed by atoms with Gasteiger partial charge in [-0.3, -0.25) is 4.79 Å². The summed E-state index contributed by atoms with van der Waals surface area (Å²) in [6, 6.07) is -0.527. The standard InChI is InChI=1S/C9H12F5NO/c1-2-3-5-4-6(5)15-7(16)8(10,11)9(12,13)14/h5-6H,2-4H2,1H3,(H,15,16). The van der Waals surface area contributed by atoms with Crippen molar-refractivity contribution in [2.45, 2.75) is 44.3 Å². The van der Waals surface area contributed by atoms with E-state index >= 15 is 0 Å². The van der Waals surface area contributed by atoms with Crippen molar-refractivity contribution in [3.63, 3.8) is 0 Å². The summed E-state index contributed by atoms with van der Waals surface area (Å²) in [4.78, 5) is 10.7. The molecule has 2 atom stereocenters. The van der Waals surface area contributed by atoms with Gasteiger partial charge in [0.15, 0.2) is 0 Å². The number of halogens is 5. The Kier molecular flexibility index (Phi) is 3.44. The number of amides is 1. The first-order valence-corrected chi connectivity index (χ1v) is 4.95. The van der Waals surface area contributed by atoms with Crippen LogP contribution in [0.3, 0.4) is 0 Å². The van der Waals surface area contributed by atoms with E-state index in [9.17, 15) is 26.7 Å².